The van der Waals surface area contributed by atoms with E-state index in [4.69, 9.17) is 20.8 Å². The third kappa shape index (κ3) is 4.57. The van der Waals surface area contributed by atoms with Crippen molar-refractivity contribution >= 4 is 52.0 Å². The van der Waals surface area contributed by atoms with Gasteiger partial charge in [0.05, 0.1) is 32.9 Å². The molecule has 0 bridgehead atoms. The maximum Gasteiger partial charge on any atom is 0.338 e. The molecule has 4 heterocycles. The first-order valence-corrected chi connectivity index (χ1v) is 13.1. The van der Waals surface area contributed by atoms with Gasteiger partial charge in [-0.3, -0.25) is 19.5 Å². The molecule has 1 aliphatic heterocycles. The van der Waals surface area contributed by atoms with Gasteiger partial charge in [0, 0.05) is 22.0 Å². The summed E-state index contributed by atoms with van der Waals surface area (Å²) in [5, 5.41) is 13.6. The average Bonchev–Trinajstić information content (AvgIpc) is 3.60. The van der Waals surface area contributed by atoms with E-state index in [1.165, 1.54) is 34.1 Å². The van der Waals surface area contributed by atoms with E-state index in [1.807, 2.05) is 17.5 Å². The van der Waals surface area contributed by atoms with Crippen molar-refractivity contribution in [1.29, 1.82) is 0 Å². The van der Waals surface area contributed by atoms with E-state index in [1.54, 1.807) is 32.1 Å². The molecule has 0 saturated carbocycles. The van der Waals surface area contributed by atoms with Crippen LogP contribution in [0, 0.1) is 10.1 Å². The topological polar surface area (TPSA) is 117 Å². The molecular formula is C25H18ClN3O6S2. The number of carbonyl (C=O) groups excluding carboxylic acids is 1. The second kappa shape index (κ2) is 9.92. The van der Waals surface area contributed by atoms with Gasteiger partial charge in [0.2, 0.25) is 0 Å². The number of halogens is 1. The van der Waals surface area contributed by atoms with Crippen molar-refractivity contribution in [2.75, 3.05) is 6.61 Å². The van der Waals surface area contributed by atoms with Crippen LogP contribution in [-0.4, -0.2) is 22.1 Å². The van der Waals surface area contributed by atoms with E-state index in [0.717, 1.165) is 16.2 Å². The second-order valence-corrected chi connectivity index (χ2v) is 10.4. The quantitative estimate of drug-likeness (QED) is 0.194. The highest BCUT2D eigenvalue weighted by atomic mass is 35.5. The molecule has 0 amide bonds. The Morgan fingerprint density at radius 3 is 2.84 bits per heavy atom. The molecule has 3 aromatic heterocycles. The summed E-state index contributed by atoms with van der Waals surface area (Å²) in [6.07, 6.45) is 1.56. The molecule has 9 nitrogen and oxygen atoms in total. The van der Waals surface area contributed by atoms with Gasteiger partial charge in [0.1, 0.15) is 17.6 Å². The van der Waals surface area contributed by atoms with E-state index in [9.17, 15) is 19.7 Å². The highest BCUT2D eigenvalue weighted by Gasteiger charge is 2.34. The summed E-state index contributed by atoms with van der Waals surface area (Å²) in [4.78, 5) is 43.2. The predicted octanol–water partition coefficient (Wildman–Crippen LogP) is 4.68. The Kier molecular flexibility index (Phi) is 6.67. The van der Waals surface area contributed by atoms with Gasteiger partial charge in [-0.2, -0.15) is 0 Å². The Balaban J connectivity index is 1.62. The molecule has 0 radical (unpaired) electrons. The van der Waals surface area contributed by atoms with Gasteiger partial charge >= 0.3 is 5.97 Å². The zero-order valence-corrected chi connectivity index (χ0v) is 21.9. The number of esters is 1. The molecular weight excluding hydrogens is 538 g/mol. The van der Waals surface area contributed by atoms with Gasteiger partial charge in [-0.25, -0.2) is 9.79 Å². The third-order valence-corrected chi connectivity index (χ3v) is 7.79. The number of fused-ring (bicyclic) bond motifs is 1. The van der Waals surface area contributed by atoms with Crippen LogP contribution in [0.3, 0.4) is 0 Å². The Hall–Kier alpha value is -3.80. The number of hydrogen-bond acceptors (Lipinski definition) is 9. The molecule has 188 valence electrons. The number of allylic oxidation sites excluding steroid dienone is 1. The van der Waals surface area contributed by atoms with Crippen molar-refractivity contribution in [1.82, 2.24) is 4.57 Å². The van der Waals surface area contributed by atoms with Crippen molar-refractivity contribution in [3.8, 4) is 11.3 Å². The fraction of sp³-hybridized carbons (Fsp3) is 0.160. The van der Waals surface area contributed by atoms with Gasteiger partial charge in [-0.05, 0) is 49.6 Å². The zero-order valence-electron chi connectivity index (χ0n) is 19.5. The van der Waals surface area contributed by atoms with Crippen LogP contribution in [0.5, 0.6) is 0 Å². The first-order chi connectivity index (χ1) is 17.8. The Morgan fingerprint density at radius 2 is 2.14 bits per heavy atom. The van der Waals surface area contributed by atoms with Crippen molar-refractivity contribution in [3.05, 3.63) is 105 Å². The summed E-state index contributed by atoms with van der Waals surface area (Å²) >= 11 is 8.51. The fourth-order valence-corrected chi connectivity index (χ4v) is 6.09. The standard InChI is InChI=1S/C25H18ClN3O6S2/c1-3-34-24(31)21-13(2)27-25-28(22(21)19-5-4-10-36-19)23(30)20(37-25)12-15-7-9-18(35-15)16-8-6-14(26)11-17(16)29(32)33/h4-12,22H,3H2,1-2H3/b20-12+/t22-/m1/s1. The largest absolute Gasteiger partial charge is 0.463 e. The minimum absolute atomic E-state index is 0.189. The van der Waals surface area contributed by atoms with Crippen LogP contribution in [0.2, 0.25) is 5.02 Å². The SMILES string of the molecule is CCOC(=O)C1=C(C)N=c2s/c(=C/c3ccc(-c4ccc(Cl)cc4[N+](=O)[O-])o3)c(=O)n2[C@@H]1c1cccs1. The lowest BCUT2D eigenvalue weighted by molar-refractivity contribution is -0.384. The van der Waals surface area contributed by atoms with E-state index in [0.29, 0.717) is 26.4 Å². The fourth-order valence-electron chi connectivity index (χ4n) is 4.08. The van der Waals surface area contributed by atoms with Crippen molar-refractivity contribution < 1.29 is 18.9 Å². The lowest BCUT2D eigenvalue weighted by Crippen LogP contribution is -2.39. The lowest BCUT2D eigenvalue weighted by Gasteiger charge is -2.23. The van der Waals surface area contributed by atoms with Crippen molar-refractivity contribution in [2.24, 2.45) is 4.99 Å². The number of furan rings is 1. The molecule has 12 heteroatoms. The first-order valence-electron chi connectivity index (χ1n) is 11.1. The van der Waals surface area contributed by atoms with Crippen molar-refractivity contribution in [3.63, 3.8) is 0 Å². The predicted molar refractivity (Wildman–Crippen MR) is 141 cm³/mol. The first kappa shape index (κ1) is 24.9. The summed E-state index contributed by atoms with van der Waals surface area (Å²) < 4.78 is 13.0. The van der Waals surface area contributed by atoms with Gasteiger partial charge in [-0.15, -0.1) is 11.3 Å². The molecule has 1 aliphatic rings. The molecule has 1 atom stereocenters. The normalized spacial score (nSPS) is 15.4. The van der Waals surface area contributed by atoms with Gasteiger partial charge in [0.15, 0.2) is 4.80 Å². The number of ether oxygens (including phenoxy) is 1. The Bertz CT molecular complexity index is 1750. The maximum atomic E-state index is 13.6. The summed E-state index contributed by atoms with van der Waals surface area (Å²) in [6.45, 7) is 3.64. The molecule has 0 saturated heterocycles. The number of thiazole rings is 1. The molecule has 0 unspecified atom stereocenters. The third-order valence-electron chi connectivity index (χ3n) is 5.65. The monoisotopic (exact) mass is 555 g/mol. The van der Waals surface area contributed by atoms with Crippen LogP contribution in [0.25, 0.3) is 17.4 Å². The average molecular weight is 556 g/mol. The molecule has 0 N–H and O–H groups in total. The van der Waals surface area contributed by atoms with E-state index in [-0.39, 0.29) is 34.2 Å². The maximum absolute atomic E-state index is 13.6. The molecule has 37 heavy (non-hydrogen) atoms. The number of nitro benzene ring substituents is 1. The second-order valence-electron chi connectivity index (χ2n) is 7.94. The number of carbonyl (C=O) groups is 1. The smallest absolute Gasteiger partial charge is 0.338 e. The number of aromatic nitrogens is 1. The number of hydrogen-bond donors (Lipinski definition) is 0. The Labute approximate surface area is 222 Å². The number of nitrogens with zero attached hydrogens (tertiary/aromatic N) is 3. The molecule has 4 aromatic rings. The van der Waals surface area contributed by atoms with Crippen LogP contribution < -0.4 is 14.9 Å². The summed E-state index contributed by atoms with van der Waals surface area (Å²) in [6, 6.07) is 10.6. The lowest BCUT2D eigenvalue weighted by atomic mass is 10.0. The van der Waals surface area contributed by atoms with Crippen molar-refractivity contribution in [2.45, 2.75) is 19.9 Å². The van der Waals surface area contributed by atoms with Crippen LogP contribution >= 0.6 is 34.3 Å². The number of rotatable bonds is 6. The minimum Gasteiger partial charge on any atom is -0.463 e. The highest BCUT2D eigenvalue weighted by Crippen LogP contribution is 2.34. The van der Waals surface area contributed by atoms with Gasteiger partial charge in [0.25, 0.3) is 11.2 Å². The highest BCUT2D eigenvalue weighted by molar-refractivity contribution is 7.10. The minimum atomic E-state index is -0.665. The Morgan fingerprint density at radius 1 is 1.32 bits per heavy atom. The molecule has 5 rings (SSSR count). The zero-order chi connectivity index (χ0) is 26.3. The molecule has 0 aliphatic carbocycles. The van der Waals surface area contributed by atoms with Gasteiger partial charge < -0.3 is 9.15 Å². The number of benzene rings is 1. The van der Waals surface area contributed by atoms with Crippen LogP contribution in [-0.2, 0) is 9.53 Å². The van der Waals surface area contributed by atoms with Crippen LogP contribution in [0.4, 0.5) is 5.69 Å². The molecule has 1 aromatic carbocycles. The van der Waals surface area contributed by atoms with Crippen LogP contribution in [0.15, 0.2) is 73.3 Å². The van der Waals surface area contributed by atoms with E-state index in [2.05, 4.69) is 4.99 Å². The van der Waals surface area contributed by atoms with E-state index < -0.39 is 16.9 Å². The molecule has 0 fully saturated rings. The number of thiophene rings is 1. The molecule has 0 spiro atoms. The van der Waals surface area contributed by atoms with Gasteiger partial charge in [-0.1, -0.05) is 29.0 Å². The summed E-state index contributed by atoms with van der Waals surface area (Å²) in [7, 11) is 0. The van der Waals surface area contributed by atoms with Crippen LogP contribution in [0.1, 0.15) is 30.5 Å². The van der Waals surface area contributed by atoms with E-state index >= 15 is 0 Å². The summed E-state index contributed by atoms with van der Waals surface area (Å²) in [5.41, 5.74) is 0.541. The summed E-state index contributed by atoms with van der Waals surface area (Å²) in [5.74, 6) is 0.0782. The number of nitro groups is 1.